The van der Waals surface area contributed by atoms with Crippen LogP contribution < -0.4 is 5.32 Å². The molecule has 1 atom stereocenters. The van der Waals surface area contributed by atoms with Gasteiger partial charge in [-0.25, -0.2) is 14.8 Å². The first-order valence-corrected chi connectivity index (χ1v) is 9.02. The maximum Gasteiger partial charge on any atom is 0.326 e. The first-order valence-electron chi connectivity index (χ1n) is 8.21. The second-order valence-corrected chi connectivity index (χ2v) is 7.61. The Morgan fingerprint density at radius 3 is 2.44 bits per heavy atom. The number of aliphatic carboxylic acids is 1. The molecule has 130 valence electrons. The number of fused-ring (bicyclic) bond motifs is 1. The minimum atomic E-state index is -0.882. The van der Waals surface area contributed by atoms with Crippen molar-refractivity contribution in [3.05, 3.63) is 41.0 Å². The summed E-state index contributed by atoms with van der Waals surface area (Å²) < 4.78 is 0. The van der Waals surface area contributed by atoms with Crippen molar-refractivity contribution in [3.8, 4) is 11.1 Å². The predicted octanol–water partition coefficient (Wildman–Crippen LogP) is 4.50. The van der Waals surface area contributed by atoms with E-state index in [1.165, 1.54) is 0 Å². The average molecular weight is 355 g/mol. The summed E-state index contributed by atoms with van der Waals surface area (Å²) in [7, 11) is 0. The number of nitrogens with zero attached hydrogens (tertiary/aromatic N) is 2. The summed E-state index contributed by atoms with van der Waals surface area (Å²) in [6.07, 6.45) is 0. The number of carboxylic acid groups (broad SMARTS) is 1. The fourth-order valence-electron chi connectivity index (χ4n) is 2.94. The van der Waals surface area contributed by atoms with Gasteiger partial charge in [0.25, 0.3) is 0 Å². The molecule has 0 fully saturated rings. The fraction of sp³-hybridized carbons (Fsp3) is 0.316. The molecule has 0 bridgehead atoms. The Labute approximate surface area is 150 Å². The van der Waals surface area contributed by atoms with E-state index in [1.807, 2.05) is 39.0 Å². The molecule has 2 heterocycles. The number of carboxylic acids is 1. The van der Waals surface area contributed by atoms with Gasteiger partial charge in [-0.1, -0.05) is 44.2 Å². The lowest BCUT2D eigenvalue weighted by Crippen LogP contribution is -2.34. The van der Waals surface area contributed by atoms with Gasteiger partial charge in [-0.2, -0.15) is 0 Å². The smallest absolute Gasteiger partial charge is 0.326 e. The highest BCUT2D eigenvalue weighted by atomic mass is 32.1. The summed E-state index contributed by atoms with van der Waals surface area (Å²) in [6, 6.07) is 9.36. The zero-order chi connectivity index (χ0) is 18.1. The van der Waals surface area contributed by atoms with Crippen LogP contribution in [-0.2, 0) is 4.79 Å². The Morgan fingerprint density at radius 2 is 1.84 bits per heavy atom. The van der Waals surface area contributed by atoms with Crippen molar-refractivity contribution < 1.29 is 9.90 Å². The molecule has 0 aliphatic rings. The van der Waals surface area contributed by atoms with Gasteiger partial charge in [-0.3, -0.25) is 0 Å². The van der Waals surface area contributed by atoms with Crippen LogP contribution >= 0.6 is 11.3 Å². The van der Waals surface area contributed by atoms with Crippen LogP contribution in [0.25, 0.3) is 21.3 Å². The van der Waals surface area contributed by atoms with Crippen molar-refractivity contribution >= 4 is 33.3 Å². The molecule has 2 N–H and O–H groups in total. The van der Waals surface area contributed by atoms with Crippen molar-refractivity contribution in [2.45, 2.75) is 33.7 Å². The molecule has 0 amide bonds. The van der Waals surface area contributed by atoms with Gasteiger partial charge in [-0.15, -0.1) is 11.3 Å². The molecular formula is C19H21N3O2S. The zero-order valence-electron chi connectivity index (χ0n) is 14.7. The minimum Gasteiger partial charge on any atom is -0.480 e. The van der Waals surface area contributed by atoms with E-state index in [9.17, 15) is 9.90 Å². The van der Waals surface area contributed by atoms with Crippen molar-refractivity contribution in [1.29, 1.82) is 0 Å². The number of carbonyl (C=O) groups is 1. The van der Waals surface area contributed by atoms with Crippen molar-refractivity contribution in [3.63, 3.8) is 0 Å². The van der Waals surface area contributed by atoms with E-state index < -0.39 is 12.0 Å². The summed E-state index contributed by atoms with van der Waals surface area (Å²) in [4.78, 5) is 22.7. The van der Waals surface area contributed by atoms with Crippen LogP contribution in [0.1, 0.15) is 24.5 Å². The molecule has 2 aromatic heterocycles. The third-order valence-electron chi connectivity index (χ3n) is 4.13. The van der Waals surface area contributed by atoms with Gasteiger partial charge in [0.05, 0.1) is 5.39 Å². The highest BCUT2D eigenvalue weighted by Gasteiger charge is 2.25. The van der Waals surface area contributed by atoms with E-state index in [-0.39, 0.29) is 5.92 Å². The predicted molar refractivity (Wildman–Crippen MR) is 102 cm³/mol. The Morgan fingerprint density at radius 1 is 1.16 bits per heavy atom. The molecule has 1 aromatic carbocycles. The van der Waals surface area contributed by atoms with Gasteiger partial charge in [0.15, 0.2) is 0 Å². The van der Waals surface area contributed by atoms with E-state index in [1.54, 1.807) is 11.3 Å². The summed E-state index contributed by atoms with van der Waals surface area (Å²) in [5.41, 5.74) is 2.15. The van der Waals surface area contributed by atoms with Crippen LogP contribution in [0.15, 0.2) is 30.3 Å². The Balaban J connectivity index is 2.23. The van der Waals surface area contributed by atoms with Crippen LogP contribution in [0, 0.1) is 19.8 Å². The van der Waals surface area contributed by atoms with Crippen LogP contribution in [0.3, 0.4) is 0 Å². The van der Waals surface area contributed by atoms with E-state index in [2.05, 4.69) is 34.3 Å². The van der Waals surface area contributed by atoms with Gasteiger partial charge in [0.1, 0.15) is 22.5 Å². The molecule has 25 heavy (non-hydrogen) atoms. The lowest BCUT2D eigenvalue weighted by atomic mass is 10.0. The number of nitrogens with one attached hydrogen (secondary N) is 1. The summed E-state index contributed by atoms with van der Waals surface area (Å²) in [5, 5.41) is 13.6. The monoisotopic (exact) mass is 355 g/mol. The third-order valence-corrected chi connectivity index (χ3v) is 5.13. The number of thiophene rings is 1. The molecule has 0 saturated heterocycles. The van der Waals surface area contributed by atoms with Crippen LogP contribution in [-0.4, -0.2) is 27.1 Å². The summed E-state index contributed by atoms with van der Waals surface area (Å²) in [5.74, 6) is 0.269. The van der Waals surface area contributed by atoms with Crippen molar-refractivity contribution in [1.82, 2.24) is 9.97 Å². The van der Waals surface area contributed by atoms with E-state index in [4.69, 9.17) is 0 Å². The maximum atomic E-state index is 11.6. The van der Waals surface area contributed by atoms with Gasteiger partial charge < -0.3 is 10.4 Å². The molecule has 0 spiro atoms. The van der Waals surface area contributed by atoms with E-state index in [0.29, 0.717) is 11.6 Å². The molecule has 1 unspecified atom stereocenters. The van der Waals surface area contributed by atoms with E-state index >= 15 is 0 Å². The van der Waals surface area contributed by atoms with Crippen LogP contribution in [0.4, 0.5) is 5.82 Å². The molecular weight excluding hydrogens is 334 g/mol. The van der Waals surface area contributed by atoms with E-state index in [0.717, 1.165) is 26.2 Å². The molecule has 0 saturated carbocycles. The van der Waals surface area contributed by atoms with Gasteiger partial charge in [-0.05, 0) is 25.3 Å². The Kier molecular flexibility index (Phi) is 4.72. The van der Waals surface area contributed by atoms with Gasteiger partial charge >= 0.3 is 5.97 Å². The lowest BCUT2D eigenvalue weighted by Gasteiger charge is -2.19. The number of aromatic nitrogens is 2. The first kappa shape index (κ1) is 17.4. The molecule has 0 aliphatic carbocycles. The Bertz CT molecular complexity index is 919. The highest BCUT2D eigenvalue weighted by molar-refractivity contribution is 7.19. The molecule has 3 aromatic rings. The molecule has 0 radical (unpaired) electrons. The van der Waals surface area contributed by atoms with Crippen LogP contribution in [0.2, 0.25) is 0 Å². The average Bonchev–Trinajstić information content (AvgIpc) is 2.88. The standard InChI is InChI=1S/C19H21N3O2S/c1-10(2)16(19(23)24)22-17-15-14(13-8-6-5-7-9-13)11(3)25-18(15)21-12(4)20-17/h5-10,16H,1-4H3,(H,23,24)(H,20,21,22). The first-order chi connectivity index (χ1) is 11.9. The fourth-order valence-corrected chi connectivity index (χ4v) is 4.03. The van der Waals surface area contributed by atoms with Gasteiger partial charge in [0, 0.05) is 10.4 Å². The molecule has 5 nitrogen and oxygen atoms in total. The number of benzene rings is 1. The third kappa shape index (κ3) is 3.35. The SMILES string of the molecule is Cc1nc(NC(C(=O)O)C(C)C)c2c(-c3ccccc3)c(C)sc2n1. The minimum absolute atomic E-state index is 0.0669. The highest BCUT2D eigenvalue weighted by Crippen LogP contribution is 2.40. The number of hydrogen-bond acceptors (Lipinski definition) is 5. The summed E-state index contributed by atoms with van der Waals surface area (Å²) in [6.45, 7) is 7.65. The second kappa shape index (κ2) is 6.80. The number of rotatable bonds is 5. The topological polar surface area (TPSA) is 75.1 Å². The second-order valence-electron chi connectivity index (χ2n) is 6.40. The molecule has 3 rings (SSSR count). The van der Waals surface area contributed by atoms with Crippen molar-refractivity contribution in [2.24, 2.45) is 5.92 Å². The van der Waals surface area contributed by atoms with Crippen molar-refractivity contribution in [2.75, 3.05) is 5.32 Å². The zero-order valence-corrected chi connectivity index (χ0v) is 15.5. The number of anilines is 1. The normalized spacial score (nSPS) is 12.5. The largest absolute Gasteiger partial charge is 0.480 e. The quantitative estimate of drug-likeness (QED) is 0.705. The number of hydrogen-bond donors (Lipinski definition) is 2. The Hall–Kier alpha value is -2.47. The molecule has 0 aliphatic heterocycles. The van der Waals surface area contributed by atoms with Gasteiger partial charge in [0.2, 0.25) is 0 Å². The lowest BCUT2D eigenvalue weighted by molar-refractivity contribution is -0.138. The number of aryl methyl sites for hydroxylation is 2. The summed E-state index contributed by atoms with van der Waals surface area (Å²) >= 11 is 1.61. The van der Waals surface area contributed by atoms with Crippen LogP contribution in [0.5, 0.6) is 0 Å². The molecule has 6 heteroatoms. The maximum absolute atomic E-state index is 11.6.